The van der Waals surface area contributed by atoms with Crippen molar-refractivity contribution in [3.05, 3.63) is 54.4 Å². The molecular weight excluding hydrogens is 306 g/mol. The molecule has 5 rings (SSSR count). The zero-order valence-corrected chi connectivity index (χ0v) is 14.6. The lowest BCUT2D eigenvalue weighted by Gasteiger charge is -2.27. The Morgan fingerprint density at radius 2 is 1.84 bits per heavy atom. The molecule has 126 valence electrons. The summed E-state index contributed by atoms with van der Waals surface area (Å²) in [5, 5.41) is 2.48. The van der Waals surface area contributed by atoms with E-state index < -0.39 is 0 Å². The van der Waals surface area contributed by atoms with E-state index in [0.717, 1.165) is 5.65 Å². The Morgan fingerprint density at radius 1 is 1.04 bits per heavy atom. The van der Waals surface area contributed by atoms with Crippen LogP contribution >= 0.6 is 0 Å². The van der Waals surface area contributed by atoms with Gasteiger partial charge in [0.2, 0.25) is 0 Å². The van der Waals surface area contributed by atoms with Crippen molar-refractivity contribution in [2.75, 3.05) is 0 Å². The van der Waals surface area contributed by atoms with E-state index in [9.17, 15) is 0 Å². The van der Waals surface area contributed by atoms with Crippen molar-refractivity contribution in [1.29, 1.82) is 0 Å². The lowest BCUT2D eigenvalue weighted by Crippen LogP contribution is -2.13. The number of benzene rings is 1. The van der Waals surface area contributed by atoms with Crippen LogP contribution in [0.15, 0.2) is 48.8 Å². The van der Waals surface area contributed by atoms with Crippen molar-refractivity contribution >= 4 is 21.9 Å². The predicted octanol–water partition coefficient (Wildman–Crippen LogP) is 6.00. The zero-order chi connectivity index (χ0) is 16.8. The number of hydrogen-bond donors (Lipinski definition) is 1. The summed E-state index contributed by atoms with van der Waals surface area (Å²) in [6, 6.07) is 14.0. The van der Waals surface area contributed by atoms with Crippen LogP contribution in [-0.4, -0.2) is 14.5 Å². The van der Waals surface area contributed by atoms with Gasteiger partial charge < -0.3 is 9.55 Å². The Morgan fingerprint density at radius 3 is 2.64 bits per heavy atom. The van der Waals surface area contributed by atoms with Gasteiger partial charge in [0.15, 0.2) is 0 Å². The maximum Gasteiger partial charge on any atom is 0.139 e. The second-order valence-electron chi connectivity index (χ2n) is 7.36. The van der Waals surface area contributed by atoms with E-state index >= 15 is 0 Å². The number of fused-ring (bicyclic) bond motifs is 3. The minimum Gasteiger partial charge on any atom is -0.346 e. The Hall–Kier alpha value is -2.55. The molecule has 1 aromatic carbocycles. The number of rotatable bonds is 2. The summed E-state index contributed by atoms with van der Waals surface area (Å²) in [5.41, 5.74) is 6.26. The number of nitrogens with zero attached hydrogens (tertiary/aromatic N) is 2. The summed E-state index contributed by atoms with van der Waals surface area (Å²) in [5.74, 6) is 0. The van der Waals surface area contributed by atoms with E-state index in [4.69, 9.17) is 0 Å². The first-order valence-corrected chi connectivity index (χ1v) is 9.35. The fraction of sp³-hybridized carbons (Fsp3) is 0.318. The molecule has 0 amide bonds. The topological polar surface area (TPSA) is 33.6 Å². The van der Waals surface area contributed by atoms with Crippen LogP contribution in [0.3, 0.4) is 0 Å². The van der Waals surface area contributed by atoms with Gasteiger partial charge >= 0.3 is 0 Å². The molecule has 0 bridgehead atoms. The van der Waals surface area contributed by atoms with Crippen molar-refractivity contribution in [3.8, 4) is 11.3 Å². The van der Waals surface area contributed by atoms with Gasteiger partial charge in [0, 0.05) is 34.9 Å². The minimum absolute atomic E-state index is 0.586. The molecule has 0 spiro atoms. The third-order valence-electron chi connectivity index (χ3n) is 5.67. The summed E-state index contributed by atoms with van der Waals surface area (Å²) in [4.78, 5) is 7.88. The highest BCUT2D eigenvalue weighted by atomic mass is 15.0. The van der Waals surface area contributed by atoms with Gasteiger partial charge in [-0.25, -0.2) is 4.98 Å². The molecule has 0 aliphatic heterocycles. The standard InChI is InChI=1S/C22H23N3/c1-15-7-9-16(10-8-15)20-13-17-14-24-22-19(11-12-23-22)21(17)25(20)18-5-3-2-4-6-18/h7-14,18H,2-6H2,1H3,(H,23,24). The number of aryl methyl sites for hydroxylation is 1. The molecule has 3 nitrogen and oxygen atoms in total. The third-order valence-corrected chi connectivity index (χ3v) is 5.67. The molecule has 1 saturated carbocycles. The van der Waals surface area contributed by atoms with Gasteiger partial charge in [0.25, 0.3) is 0 Å². The molecule has 3 aromatic heterocycles. The summed E-state index contributed by atoms with van der Waals surface area (Å²) >= 11 is 0. The normalized spacial score (nSPS) is 16.0. The maximum absolute atomic E-state index is 4.61. The number of hydrogen-bond acceptors (Lipinski definition) is 1. The van der Waals surface area contributed by atoms with Crippen LogP contribution in [0.5, 0.6) is 0 Å². The molecule has 1 fully saturated rings. The minimum atomic E-state index is 0.586. The summed E-state index contributed by atoms with van der Waals surface area (Å²) in [7, 11) is 0. The maximum atomic E-state index is 4.61. The molecular formula is C22H23N3. The van der Waals surface area contributed by atoms with Gasteiger partial charge in [-0.1, -0.05) is 49.1 Å². The Balaban J connectivity index is 1.82. The van der Waals surface area contributed by atoms with Gasteiger partial charge in [0.1, 0.15) is 5.65 Å². The molecule has 0 unspecified atom stereocenters. The van der Waals surface area contributed by atoms with Crippen LogP contribution < -0.4 is 0 Å². The summed E-state index contributed by atoms with van der Waals surface area (Å²) in [6.45, 7) is 2.15. The highest BCUT2D eigenvalue weighted by Gasteiger charge is 2.22. The van der Waals surface area contributed by atoms with Crippen LogP contribution in [0, 0.1) is 6.92 Å². The van der Waals surface area contributed by atoms with E-state index in [1.807, 2.05) is 12.4 Å². The molecule has 3 heterocycles. The van der Waals surface area contributed by atoms with Crippen LogP contribution in [0.4, 0.5) is 0 Å². The Kier molecular flexibility index (Phi) is 3.40. The number of nitrogens with one attached hydrogen (secondary N) is 1. The molecule has 0 radical (unpaired) electrons. The number of aromatic amines is 1. The van der Waals surface area contributed by atoms with E-state index in [1.54, 1.807) is 0 Å². The third kappa shape index (κ3) is 2.38. The first-order chi connectivity index (χ1) is 12.3. The number of aromatic nitrogens is 3. The van der Waals surface area contributed by atoms with E-state index in [-0.39, 0.29) is 0 Å². The molecule has 0 atom stereocenters. The van der Waals surface area contributed by atoms with Gasteiger partial charge in [-0.2, -0.15) is 0 Å². The SMILES string of the molecule is Cc1ccc(-c2cc3cnc4[nH]ccc4c3n2C2CCCCC2)cc1. The largest absolute Gasteiger partial charge is 0.346 e. The van der Waals surface area contributed by atoms with E-state index in [1.165, 1.54) is 65.2 Å². The van der Waals surface area contributed by atoms with Crippen molar-refractivity contribution in [2.45, 2.75) is 45.1 Å². The Labute approximate surface area is 147 Å². The lowest BCUT2D eigenvalue weighted by atomic mass is 9.94. The predicted molar refractivity (Wildman–Crippen MR) is 104 cm³/mol. The van der Waals surface area contributed by atoms with Gasteiger partial charge in [0.05, 0.1) is 5.52 Å². The van der Waals surface area contributed by atoms with Crippen molar-refractivity contribution in [3.63, 3.8) is 0 Å². The smallest absolute Gasteiger partial charge is 0.139 e. The van der Waals surface area contributed by atoms with Gasteiger partial charge in [-0.15, -0.1) is 0 Å². The fourth-order valence-electron chi connectivity index (χ4n) is 4.39. The molecule has 25 heavy (non-hydrogen) atoms. The quantitative estimate of drug-likeness (QED) is 0.481. The van der Waals surface area contributed by atoms with Crippen molar-refractivity contribution in [1.82, 2.24) is 14.5 Å². The van der Waals surface area contributed by atoms with Gasteiger partial charge in [-0.05, 0) is 37.5 Å². The lowest BCUT2D eigenvalue weighted by molar-refractivity contribution is 0.363. The molecule has 1 N–H and O–H groups in total. The molecule has 1 aliphatic rings. The van der Waals surface area contributed by atoms with E-state index in [2.05, 4.69) is 57.9 Å². The number of pyridine rings is 1. The average Bonchev–Trinajstić information content (AvgIpc) is 3.27. The highest BCUT2D eigenvalue weighted by Crippen LogP contribution is 2.39. The zero-order valence-electron chi connectivity index (χ0n) is 14.6. The molecule has 3 heteroatoms. The van der Waals surface area contributed by atoms with Crippen LogP contribution in [0.1, 0.15) is 43.7 Å². The highest BCUT2D eigenvalue weighted by molar-refractivity contribution is 6.05. The summed E-state index contributed by atoms with van der Waals surface area (Å²) in [6.07, 6.45) is 10.6. The average molecular weight is 329 g/mol. The Bertz CT molecular complexity index is 1030. The van der Waals surface area contributed by atoms with Crippen LogP contribution in [-0.2, 0) is 0 Å². The van der Waals surface area contributed by atoms with Crippen LogP contribution in [0.2, 0.25) is 0 Å². The molecule has 0 saturated heterocycles. The van der Waals surface area contributed by atoms with Crippen LogP contribution in [0.25, 0.3) is 33.2 Å². The second-order valence-corrected chi connectivity index (χ2v) is 7.36. The first kappa shape index (κ1) is 14.8. The monoisotopic (exact) mass is 329 g/mol. The van der Waals surface area contributed by atoms with Gasteiger partial charge in [-0.3, -0.25) is 0 Å². The number of H-pyrrole nitrogens is 1. The molecule has 4 aromatic rings. The fourth-order valence-corrected chi connectivity index (χ4v) is 4.39. The van der Waals surface area contributed by atoms with Crippen molar-refractivity contribution < 1.29 is 0 Å². The van der Waals surface area contributed by atoms with E-state index in [0.29, 0.717) is 6.04 Å². The molecule has 1 aliphatic carbocycles. The summed E-state index contributed by atoms with van der Waals surface area (Å²) < 4.78 is 2.61. The first-order valence-electron chi connectivity index (χ1n) is 9.35. The second kappa shape index (κ2) is 5.76. The van der Waals surface area contributed by atoms with Crippen molar-refractivity contribution in [2.24, 2.45) is 0 Å².